The molecule has 0 unspecified atom stereocenters. The lowest BCUT2D eigenvalue weighted by atomic mass is 10.1. The number of benzene rings is 2. The van der Waals surface area contributed by atoms with Crippen LogP contribution in [-0.2, 0) is 0 Å². The van der Waals surface area contributed by atoms with Gasteiger partial charge < -0.3 is 10.7 Å². The third-order valence-electron chi connectivity index (χ3n) is 3.94. The quantitative estimate of drug-likeness (QED) is 0.275. The van der Waals surface area contributed by atoms with Crippen molar-refractivity contribution in [1.82, 2.24) is 10.7 Å². The molecule has 30 heavy (non-hydrogen) atoms. The Morgan fingerprint density at radius 2 is 1.40 bits per heavy atom. The molecule has 0 heterocycles. The highest BCUT2D eigenvalue weighted by Gasteiger charge is 2.72. The number of hydrogen-bond donors (Lipinski definition) is 3. The summed E-state index contributed by atoms with van der Waals surface area (Å²) in [5.41, 5.74) is -2.61. The van der Waals surface area contributed by atoms with Crippen molar-refractivity contribution in [3.8, 4) is 0 Å². The van der Waals surface area contributed by atoms with Crippen LogP contribution in [0.5, 0.6) is 0 Å². The molecule has 0 saturated carbocycles. The van der Waals surface area contributed by atoms with Crippen molar-refractivity contribution in [3.63, 3.8) is 0 Å². The van der Waals surface area contributed by atoms with E-state index in [9.17, 15) is 41.3 Å². The number of anilines is 1. The van der Waals surface area contributed by atoms with E-state index in [1.165, 1.54) is 12.1 Å². The third-order valence-corrected chi connectivity index (χ3v) is 3.94. The van der Waals surface area contributed by atoms with Crippen molar-refractivity contribution in [2.24, 2.45) is 0 Å². The average molecular weight is 436 g/mol. The molecule has 2 rings (SSSR count). The van der Waals surface area contributed by atoms with Crippen molar-refractivity contribution in [2.75, 3.05) is 5.43 Å². The van der Waals surface area contributed by atoms with Crippen molar-refractivity contribution in [2.45, 2.75) is 24.9 Å². The van der Waals surface area contributed by atoms with Crippen LogP contribution in [-0.4, -0.2) is 28.8 Å². The highest BCUT2D eigenvalue weighted by Crippen LogP contribution is 2.41. The van der Waals surface area contributed by atoms with E-state index in [0.717, 1.165) is 47.1 Å². The normalized spacial score (nSPS) is 12.4. The van der Waals surface area contributed by atoms with Gasteiger partial charge >= 0.3 is 18.0 Å². The lowest BCUT2D eigenvalue weighted by molar-refractivity contribution is -0.384. The fourth-order valence-electron chi connectivity index (χ4n) is 2.26. The van der Waals surface area contributed by atoms with Crippen LogP contribution in [0.2, 0.25) is 0 Å². The van der Waals surface area contributed by atoms with Crippen molar-refractivity contribution < 1.29 is 36.1 Å². The van der Waals surface area contributed by atoms with Crippen LogP contribution in [0, 0.1) is 17.0 Å². The molecule has 0 saturated heterocycles. The van der Waals surface area contributed by atoms with Crippen molar-refractivity contribution in [3.05, 3.63) is 69.8 Å². The zero-order valence-corrected chi connectivity index (χ0v) is 15.1. The number of nitro benzene ring substituents is 1. The minimum absolute atomic E-state index is 0.344. The maximum atomic E-state index is 13.6. The topological polar surface area (TPSA) is 96.3 Å². The third kappa shape index (κ3) is 4.79. The molecule has 0 atom stereocenters. The number of rotatable bonds is 6. The van der Waals surface area contributed by atoms with E-state index in [0.29, 0.717) is 5.56 Å². The maximum Gasteiger partial charge on any atom is 0.436 e. The molecule has 1 amide bonds. The summed E-state index contributed by atoms with van der Waals surface area (Å²) in [5, 5.41) is 11.6. The van der Waals surface area contributed by atoms with E-state index in [4.69, 9.17) is 0 Å². The molecule has 2 aromatic carbocycles. The van der Waals surface area contributed by atoms with Crippen molar-refractivity contribution in [1.29, 1.82) is 0 Å². The number of aryl methyl sites for hydroxylation is 1. The molecule has 13 heteroatoms. The lowest BCUT2D eigenvalue weighted by Crippen LogP contribution is -2.76. The summed E-state index contributed by atoms with van der Waals surface area (Å²) in [6.45, 7) is 1.62. The summed E-state index contributed by atoms with van der Waals surface area (Å²) in [6.07, 6.45) is -12.0. The molecule has 0 bridgehead atoms. The minimum Gasteiger partial charge on any atom is -0.319 e. The van der Waals surface area contributed by atoms with Crippen LogP contribution in [0.4, 0.5) is 37.7 Å². The molecule has 162 valence electrons. The second-order valence-corrected chi connectivity index (χ2v) is 6.12. The number of hydrazine groups is 1. The second-order valence-electron chi connectivity index (χ2n) is 6.12. The van der Waals surface area contributed by atoms with E-state index >= 15 is 0 Å². The zero-order valence-electron chi connectivity index (χ0n) is 15.1. The van der Waals surface area contributed by atoms with Crippen molar-refractivity contribution >= 4 is 17.3 Å². The van der Waals surface area contributed by atoms with E-state index in [-0.39, 0.29) is 5.69 Å². The fraction of sp³-hybridized carbons (Fsp3) is 0.235. The average Bonchev–Trinajstić information content (AvgIpc) is 2.63. The van der Waals surface area contributed by atoms with Gasteiger partial charge in [-0.15, -0.1) is 0 Å². The Balaban J connectivity index is 2.36. The fourth-order valence-corrected chi connectivity index (χ4v) is 2.26. The standard InChI is InChI=1S/C17H14F6N4O3/c1-10-2-4-11(5-3-10)14(28)24-15(16(18,19)20,17(21,22)23)26-25-12-6-8-13(9-7-12)27(29)30/h2-9,25-26H,1H3,(H,24,28). The largest absolute Gasteiger partial charge is 0.436 e. The number of carbonyl (C=O) groups is 1. The van der Waals surface area contributed by atoms with Gasteiger partial charge in [-0.2, -0.15) is 31.8 Å². The monoisotopic (exact) mass is 436 g/mol. The first kappa shape index (κ1) is 22.9. The second kappa shape index (κ2) is 8.18. The van der Waals surface area contributed by atoms with E-state index < -0.39 is 40.1 Å². The maximum absolute atomic E-state index is 13.6. The number of carbonyl (C=O) groups excluding carboxylic acids is 1. The van der Waals surface area contributed by atoms with E-state index in [1.807, 2.05) is 0 Å². The minimum atomic E-state index is -6.01. The van der Waals surface area contributed by atoms with Gasteiger partial charge in [-0.1, -0.05) is 17.7 Å². The predicted octanol–water partition coefficient (Wildman–Crippen LogP) is 4.07. The number of nitrogens with one attached hydrogen (secondary N) is 3. The van der Waals surface area contributed by atoms with Gasteiger partial charge in [-0.05, 0) is 31.2 Å². The van der Waals surface area contributed by atoms with Crippen LogP contribution in [0.1, 0.15) is 15.9 Å². The molecule has 0 fully saturated rings. The number of nitro groups is 1. The van der Waals surface area contributed by atoms with Crippen LogP contribution >= 0.6 is 0 Å². The Morgan fingerprint density at radius 1 is 0.900 bits per heavy atom. The Labute approximate surface area is 165 Å². The zero-order chi connectivity index (χ0) is 22.7. The molecule has 0 aliphatic heterocycles. The van der Waals surface area contributed by atoms with Gasteiger partial charge in [0.1, 0.15) is 0 Å². The first-order valence-corrected chi connectivity index (χ1v) is 8.07. The molecule has 0 aliphatic carbocycles. The number of halogens is 6. The number of nitrogens with zero attached hydrogens (tertiary/aromatic N) is 1. The molecule has 2 aromatic rings. The summed E-state index contributed by atoms with van der Waals surface area (Å²) in [7, 11) is 0. The Hall–Kier alpha value is -3.35. The number of hydrogen-bond acceptors (Lipinski definition) is 5. The molecule has 7 nitrogen and oxygen atoms in total. The van der Waals surface area contributed by atoms with Crippen LogP contribution < -0.4 is 16.2 Å². The van der Waals surface area contributed by atoms with E-state index in [2.05, 4.69) is 0 Å². The Kier molecular flexibility index (Phi) is 6.25. The SMILES string of the molecule is Cc1ccc(C(=O)NC(NNc2ccc([N+](=O)[O-])cc2)(C(F)(F)F)C(F)(F)F)cc1. The predicted molar refractivity (Wildman–Crippen MR) is 93.3 cm³/mol. The highest BCUT2D eigenvalue weighted by molar-refractivity contribution is 5.94. The van der Waals surface area contributed by atoms with E-state index in [1.54, 1.807) is 12.3 Å². The van der Waals surface area contributed by atoms with Gasteiger partial charge in [0.15, 0.2) is 0 Å². The van der Waals surface area contributed by atoms with Gasteiger partial charge in [0, 0.05) is 23.4 Å². The molecule has 0 radical (unpaired) electrons. The van der Waals surface area contributed by atoms with Crippen LogP contribution in [0.25, 0.3) is 0 Å². The first-order valence-electron chi connectivity index (χ1n) is 8.07. The summed E-state index contributed by atoms with van der Waals surface area (Å²) in [6, 6.07) is 8.38. The Morgan fingerprint density at radius 3 is 1.83 bits per heavy atom. The lowest BCUT2D eigenvalue weighted by Gasteiger charge is -2.38. The van der Waals surface area contributed by atoms with Gasteiger partial charge in [-0.25, -0.2) is 0 Å². The smallest absolute Gasteiger partial charge is 0.319 e. The summed E-state index contributed by atoms with van der Waals surface area (Å²) < 4.78 is 81.3. The number of amides is 1. The first-order chi connectivity index (χ1) is 13.8. The van der Waals surface area contributed by atoms with Gasteiger partial charge in [0.25, 0.3) is 11.6 Å². The number of non-ortho nitro benzene ring substituents is 1. The summed E-state index contributed by atoms with van der Waals surface area (Å²) in [5.74, 6) is -1.62. The summed E-state index contributed by atoms with van der Waals surface area (Å²) >= 11 is 0. The van der Waals surface area contributed by atoms with Crippen LogP contribution in [0.3, 0.4) is 0 Å². The molecule has 0 spiro atoms. The molecule has 0 aliphatic rings. The molecule has 0 aromatic heterocycles. The Bertz CT molecular complexity index is 897. The number of alkyl halides is 6. The molecular weight excluding hydrogens is 422 g/mol. The van der Waals surface area contributed by atoms with Crippen LogP contribution in [0.15, 0.2) is 48.5 Å². The molecule has 3 N–H and O–H groups in total. The van der Waals surface area contributed by atoms with Gasteiger partial charge in [0.2, 0.25) is 0 Å². The molecular formula is C17H14F6N4O3. The van der Waals surface area contributed by atoms with Gasteiger partial charge in [-0.3, -0.25) is 14.9 Å². The van der Waals surface area contributed by atoms with Gasteiger partial charge in [0.05, 0.1) is 4.92 Å². The highest BCUT2D eigenvalue weighted by atomic mass is 19.4. The summed E-state index contributed by atoms with van der Waals surface area (Å²) in [4.78, 5) is 21.9.